The lowest BCUT2D eigenvalue weighted by Crippen LogP contribution is -2.47. The topological polar surface area (TPSA) is 99.2 Å². The minimum absolute atomic E-state index is 0. The molecule has 1 aliphatic heterocycles. The van der Waals surface area contributed by atoms with Crippen molar-refractivity contribution in [3.8, 4) is 6.07 Å². The van der Waals surface area contributed by atoms with E-state index in [0.717, 1.165) is 12.8 Å². The third-order valence-corrected chi connectivity index (χ3v) is 3.85. The molecule has 2 rings (SSSR count). The number of carbonyl (C=O) groups excluding carboxylic acids is 2. The van der Waals surface area contributed by atoms with E-state index in [2.05, 4.69) is 11.4 Å². The fraction of sp³-hybridized carbons (Fsp3) is 0.750. The van der Waals surface area contributed by atoms with Crippen LogP contribution in [-0.2, 0) is 9.59 Å². The van der Waals surface area contributed by atoms with E-state index in [1.165, 1.54) is 0 Å². The number of nitrogens with zero attached hydrogens (tertiary/aromatic N) is 2. The highest BCUT2D eigenvalue weighted by Crippen LogP contribution is 2.41. The fourth-order valence-electron chi connectivity index (χ4n) is 2.64. The van der Waals surface area contributed by atoms with Crippen LogP contribution >= 0.6 is 12.4 Å². The second kappa shape index (κ2) is 6.22. The molecule has 1 aliphatic carbocycles. The molecular formula is C12H19ClN4O2. The van der Waals surface area contributed by atoms with Gasteiger partial charge in [0.2, 0.25) is 11.8 Å². The average Bonchev–Trinajstić information content (AvgIpc) is 3.05. The van der Waals surface area contributed by atoms with Gasteiger partial charge in [-0.3, -0.25) is 9.59 Å². The van der Waals surface area contributed by atoms with Gasteiger partial charge in [0.15, 0.2) is 0 Å². The minimum Gasteiger partial charge on any atom is -0.359 e. The number of rotatable bonds is 3. The molecule has 3 N–H and O–H groups in total. The van der Waals surface area contributed by atoms with Gasteiger partial charge in [0, 0.05) is 19.5 Å². The molecule has 4 atom stereocenters. The zero-order chi connectivity index (χ0) is 13.3. The summed E-state index contributed by atoms with van der Waals surface area (Å²) in [6, 6.07) is 1.13. The number of nitrogens with one attached hydrogen (secondary N) is 1. The van der Waals surface area contributed by atoms with Crippen LogP contribution in [0.5, 0.6) is 0 Å². The van der Waals surface area contributed by atoms with Crippen LogP contribution in [0, 0.1) is 23.2 Å². The van der Waals surface area contributed by atoms with Crippen molar-refractivity contribution in [2.24, 2.45) is 17.6 Å². The summed E-state index contributed by atoms with van der Waals surface area (Å²) >= 11 is 0. The SMILES string of the molecule is CNC(=O)[C@@H]1C[C@@H]1[C@@H](N)C(=O)N1CCC[C@H]1C#N.Cl. The fourth-order valence-corrected chi connectivity index (χ4v) is 2.64. The summed E-state index contributed by atoms with van der Waals surface area (Å²) in [7, 11) is 1.58. The maximum absolute atomic E-state index is 12.2. The molecule has 0 unspecified atom stereocenters. The highest BCUT2D eigenvalue weighted by Gasteiger charge is 2.50. The first-order valence-electron chi connectivity index (χ1n) is 6.27. The summed E-state index contributed by atoms with van der Waals surface area (Å²) in [5, 5.41) is 11.5. The lowest BCUT2D eigenvalue weighted by molar-refractivity contribution is -0.133. The van der Waals surface area contributed by atoms with Crippen LogP contribution in [0.25, 0.3) is 0 Å². The predicted molar refractivity (Wildman–Crippen MR) is 71.2 cm³/mol. The van der Waals surface area contributed by atoms with Crippen LogP contribution in [0.3, 0.4) is 0 Å². The number of halogens is 1. The van der Waals surface area contributed by atoms with Crippen molar-refractivity contribution in [3.63, 3.8) is 0 Å². The zero-order valence-corrected chi connectivity index (χ0v) is 11.7. The summed E-state index contributed by atoms with van der Waals surface area (Å²) in [4.78, 5) is 25.1. The van der Waals surface area contributed by atoms with E-state index in [0.29, 0.717) is 13.0 Å². The van der Waals surface area contributed by atoms with E-state index >= 15 is 0 Å². The maximum atomic E-state index is 12.2. The first-order chi connectivity index (χ1) is 8.60. The molecule has 0 bridgehead atoms. The highest BCUT2D eigenvalue weighted by molar-refractivity contribution is 5.87. The molecule has 0 aromatic rings. The standard InChI is InChI=1S/C12H18N4O2.ClH/c1-15-11(17)9-5-8(9)10(14)12(18)16-4-2-3-7(16)6-13;/h7-10H,2-5,14H2,1H3,(H,15,17);1H/t7-,8-,9+,10+;/m0./s1. The molecule has 1 saturated heterocycles. The van der Waals surface area contributed by atoms with E-state index in [1.54, 1.807) is 11.9 Å². The van der Waals surface area contributed by atoms with Gasteiger partial charge in [-0.1, -0.05) is 0 Å². The van der Waals surface area contributed by atoms with E-state index in [4.69, 9.17) is 11.0 Å². The molecular weight excluding hydrogens is 268 g/mol. The van der Waals surface area contributed by atoms with E-state index in [9.17, 15) is 9.59 Å². The molecule has 19 heavy (non-hydrogen) atoms. The van der Waals surface area contributed by atoms with Crippen molar-refractivity contribution in [1.82, 2.24) is 10.2 Å². The van der Waals surface area contributed by atoms with Crippen molar-refractivity contribution in [2.75, 3.05) is 13.6 Å². The number of hydrogen-bond donors (Lipinski definition) is 2. The summed E-state index contributed by atoms with van der Waals surface area (Å²) in [5.74, 6) is -0.452. The third kappa shape index (κ3) is 2.99. The Labute approximate surface area is 118 Å². The summed E-state index contributed by atoms with van der Waals surface area (Å²) < 4.78 is 0. The Hall–Kier alpha value is -1.32. The highest BCUT2D eigenvalue weighted by atomic mass is 35.5. The van der Waals surface area contributed by atoms with Gasteiger partial charge in [0.25, 0.3) is 0 Å². The second-order valence-electron chi connectivity index (χ2n) is 4.96. The normalized spacial score (nSPS) is 29.9. The first-order valence-corrected chi connectivity index (χ1v) is 6.27. The van der Waals surface area contributed by atoms with Gasteiger partial charge in [0.05, 0.1) is 12.1 Å². The first kappa shape index (κ1) is 15.7. The monoisotopic (exact) mass is 286 g/mol. The van der Waals surface area contributed by atoms with E-state index in [-0.39, 0.29) is 42.1 Å². The van der Waals surface area contributed by atoms with Crippen LogP contribution in [-0.4, -0.2) is 42.4 Å². The van der Waals surface area contributed by atoms with E-state index in [1.807, 2.05) is 0 Å². The molecule has 2 aliphatic rings. The van der Waals surface area contributed by atoms with Gasteiger partial charge in [-0.2, -0.15) is 5.26 Å². The number of hydrogen-bond acceptors (Lipinski definition) is 4. The zero-order valence-electron chi connectivity index (χ0n) is 10.8. The number of nitrogens with two attached hydrogens (primary N) is 1. The molecule has 0 aromatic carbocycles. The largest absolute Gasteiger partial charge is 0.359 e. The molecule has 6 nitrogen and oxygen atoms in total. The number of nitriles is 1. The lowest BCUT2D eigenvalue weighted by atomic mass is 10.1. The van der Waals surface area contributed by atoms with Crippen LogP contribution in [0.2, 0.25) is 0 Å². The van der Waals surface area contributed by atoms with Gasteiger partial charge < -0.3 is 16.0 Å². The molecule has 0 aromatic heterocycles. The Morgan fingerprint density at radius 2 is 2.21 bits per heavy atom. The second-order valence-corrected chi connectivity index (χ2v) is 4.96. The van der Waals surface area contributed by atoms with E-state index < -0.39 is 6.04 Å². The molecule has 7 heteroatoms. The minimum atomic E-state index is -0.652. The Kier molecular flexibility index (Phi) is 5.15. The van der Waals surface area contributed by atoms with Crippen molar-refractivity contribution < 1.29 is 9.59 Å². The molecule has 1 saturated carbocycles. The number of likely N-dealkylation sites (tertiary alicyclic amines) is 1. The Morgan fingerprint density at radius 1 is 1.53 bits per heavy atom. The van der Waals surface area contributed by atoms with Gasteiger partial charge in [0.1, 0.15) is 6.04 Å². The molecule has 0 radical (unpaired) electrons. The Morgan fingerprint density at radius 3 is 2.79 bits per heavy atom. The van der Waals surface area contributed by atoms with Crippen LogP contribution in [0.15, 0.2) is 0 Å². The smallest absolute Gasteiger partial charge is 0.240 e. The third-order valence-electron chi connectivity index (χ3n) is 3.85. The summed E-state index contributed by atoms with van der Waals surface area (Å²) in [5.41, 5.74) is 5.92. The van der Waals surface area contributed by atoms with Crippen molar-refractivity contribution in [2.45, 2.75) is 31.3 Å². The number of amides is 2. The molecule has 2 amide bonds. The van der Waals surface area contributed by atoms with Gasteiger partial charge in [-0.25, -0.2) is 0 Å². The van der Waals surface area contributed by atoms with Gasteiger partial charge in [-0.05, 0) is 25.2 Å². The lowest BCUT2D eigenvalue weighted by Gasteiger charge is -2.23. The molecule has 1 heterocycles. The Balaban J connectivity index is 0.00000180. The predicted octanol–water partition coefficient (Wildman–Crippen LogP) is -0.368. The molecule has 0 spiro atoms. The average molecular weight is 287 g/mol. The van der Waals surface area contributed by atoms with Crippen LogP contribution in [0.1, 0.15) is 19.3 Å². The van der Waals surface area contributed by atoms with Crippen LogP contribution in [0.4, 0.5) is 0 Å². The van der Waals surface area contributed by atoms with Crippen molar-refractivity contribution in [3.05, 3.63) is 0 Å². The van der Waals surface area contributed by atoms with Crippen LogP contribution < -0.4 is 11.1 Å². The summed E-state index contributed by atoms with van der Waals surface area (Å²) in [6.45, 7) is 0.599. The maximum Gasteiger partial charge on any atom is 0.240 e. The Bertz CT molecular complexity index is 409. The molecule has 2 fully saturated rings. The molecule has 106 valence electrons. The van der Waals surface area contributed by atoms with Gasteiger partial charge in [-0.15, -0.1) is 12.4 Å². The van der Waals surface area contributed by atoms with Crippen molar-refractivity contribution >= 4 is 24.2 Å². The summed E-state index contributed by atoms with van der Waals surface area (Å²) in [6.07, 6.45) is 2.23. The quantitative estimate of drug-likeness (QED) is 0.739. The van der Waals surface area contributed by atoms with Gasteiger partial charge >= 0.3 is 0 Å². The van der Waals surface area contributed by atoms with Crippen molar-refractivity contribution in [1.29, 1.82) is 5.26 Å². The number of carbonyl (C=O) groups is 2.